The Morgan fingerprint density at radius 1 is 1.38 bits per heavy atom. The van der Waals surface area contributed by atoms with Crippen LogP contribution in [0.2, 0.25) is 0 Å². The first-order chi connectivity index (χ1) is 9.90. The number of rotatable bonds is 4. The van der Waals surface area contributed by atoms with Crippen LogP contribution in [-0.2, 0) is 11.3 Å². The van der Waals surface area contributed by atoms with Crippen molar-refractivity contribution < 1.29 is 9.90 Å². The number of aryl methyl sites for hydroxylation is 1. The summed E-state index contributed by atoms with van der Waals surface area (Å²) < 4.78 is 1.99. The molecule has 2 aromatic rings. The number of carboxylic acids is 1. The third kappa shape index (κ3) is 3.39. The Labute approximate surface area is 130 Å². The van der Waals surface area contributed by atoms with E-state index in [-0.39, 0.29) is 5.56 Å². The second-order valence-corrected chi connectivity index (χ2v) is 5.70. The Morgan fingerprint density at radius 3 is 2.57 bits per heavy atom. The molecule has 0 fully saturated rings. The van der Waals surface area contributed by atoms with E-state index in [0.717, 1.165) is 11.1 Å². The molecule has 1 N–H and O–H groups in total. The van der Waals surface area contributed by atoms with Gasteiger partial charge >= 0.3 is 5.97 Å². The number of carbonyl (C=O) groups is 1. The molecule has 0 saturated heterocycles. The summed E-state index contributed by atoms with van der Waals surface area (Å²) in [6.45, 7) is 3.82. The molecule has 110 valence electrons. The fourth-order valence-corrected chi connectivity index (χ4v) is 2.29. The summed E-state index contributed by atoms with van der Waals surface area (Å²) in [5.74, 6) is -0.770. The van der Waals surface area contributed by atoms with Crippen LogP contribution in [-0.4, -0.2) is 20.6 Å². The summed E-state index contributed by atoms with van der Waals surface area (Å²) in [6.07, 6.45) is 1.49. The van der Waals surface area contributed by atoms with Crippen molar-refractivity contribution in [3.8, 4) is 0 Å². The highest BCUT2D eigenvalue weighted by Crippen LogP contribution is 2.16. The lowest BCUT2D eigenvalue weighted by Gasteiger charge is -2.11. The number of aromatic nitrogens is 2. The van der Waals surface area contributed by atoms with Crippen molar-refractivity contribution in [2.75, 3.05) is 0 Å². The third-order valence-electron chi connectivity index (χ3n) is 3.40. The maximum absolute atomic E-state index is 12.1. The largest absolute Gasteiger partial charge is 0.481 e. The van der Waals surface area contributed by atoms with Crippen molar-refractivity contribution in [2.24, 2.45) is 0 Å². The van der Waals surface area contributed by atoms with Gasteiger partial charge in [0.1, 0.15) is 10.3 Å². The Bertz CT molecular complexity index is 723. The quantitative estimate of drug-likeness (QED) is 0.919. The van der Waals surface area contributed by atoms with Crippen LogP contribution in [0.4, 0.5) is 0 Å². The summed E-state index contributed by atoms with van der Waals surface area (Å²) in [5.41, 5.74) is 1.52. The smallest absolute Gasteiger partial charge is 0.310 e. The minimum absolute atomic E-state index is 0.134. The second kappa shape index (κ2) is 6.22. The van der Waals surface area contributed by atoms with Crippen LogP contribution in [0.5, 0.6) is 0 Å². The predicted molar refractivity (Wildman–Crippen MR) is 82.5 cm³/mol. The van der Waals surface area contributed by atoms with Gasteiger partial charge in [-0.15, -0.1) is 0 Å². The van der Waals surface area contributed by atoms with Gasteiger partial charge < -0.3 is 5.11 Å². The number of benzene rings is 1. The molecule has 1 aromatic heterocycles. The summed E-state index contributed by atoms with van der Waals surface area (Å²) >= 11 is 3.18. The number of hydrogen-bond donors (Lipinski definition) is 1. The van der Waals surface area contributed by atoms with Crippen LogP contribution in [0.15, 0.2) is 39.7 Å². The van der Waals surface area contributed by atoms with Gasteiger partial charge in [-0.25, -0.2) is 4.98 Å². The van der Waals surface area contributed by atoms with Crippen molar-refractivity contribution in [3.63, 3.8) is 0 Å². The molecule has 21 heavy (non-hydrogen) atoms. The van der Waals surface area contributed by atoms with Crippen LogP contribution in [0, 0.1) is 6.92 Å². The van der Waals surface area contributed by atoms with Gasteiger partial charge in [0.2, 0.25) is 0 Å². The van der Waals surface area contributed by atoms with Crippen LogP contribution < -0.4 is 5.56 Å². The average Bonchev–Trinajstić information content (AvgIpc) is 2.47. The molecule has 2 rings (SSSR count). The van der Waals surface area contributed by atoms with Crippen molar-refractivity contribution in [1.29, 1.82) is 0 Å². The van der Waals surface area contributed by atoms with Crippen LogP contribution in [0.25, 0.3) is 0 Å². The first-order valence-electron chi connectivity index (χ1n) is 6.43. The highest BCUT2D eigenvalue weighted by Gasteiger charge is 2.13. The van der Waals surface area contributed by atoms with E-state index in [1.807, 2.05) is 12.1 Å². The lowest BCUT2D eigenvalue weighted by molar-refractivity contribution is -0.138. The van der Waals surface area contributed by atoms with E-state index in [1.54, 1.807) is 30.5 Å². The standard InChI is InChI=1S/C15H15BrN2O3/c1-9(15(20)21)12-5-3-11(4-6-12)8-18-10(2)17-7-13(16)14(18)19/h3-7,9H,8H2,1-2H3,(H,20,21). The minimum Gasteiger partial charge on any atom is -0.481 e. The van der Waals surface area contributed by atoms with E-state index >= 15 is 0 Å². The summed E-state index contributed by atoms with van der Waals surface area (Å²) in [5, 5.41) is 8.98. The molecule has 6 heteroatoms. The van der Waals surface area contributed by atoms with Gasteiger partial charge in [0.05, 0.1) is 12.5 Å². The third-order valence-corrected chi connectivity index (χ3v) is 3.94. The number of carboxylic acid groups (broad SMARTS) is 1. The van der Waals surface area contributed by atoms with Crippen LogP contribution in [0.3, 0.4) is 0 Å². The molecule has 0 radical (unpaired) electrons. The van der Waals surface area contributed by atoms with Crippen molar-refractivity contribution >= 4 is 21.9 Å². The average molecular weight is 351 g/mol. The Balaban J connectivity index is 2.28. The van der Waals surface area contributed by atoms with Gasteiger partial charge in [-0.3, -0.25) is 14.2 Å². The van der Waals surface area contributed by atoms with Gasteiger partial charge in [-0.1, -0.05) is 24.3 Å². The molecular weight excluding hydrogens is 336 g/mol. The van der Waals surface area contributed by atoms with E-state index in [2.05, 4.69) is 20.9 Å². The molecular formula is C15H15BrN2O3. The highest BCUT2D eigenvalue weighted by molar-refractivity contribution is 9.10. The predicted octanol–water partition coefficient (Wildman–Crippen LogP) is 2.55. The molecule has 1 heterocycles. The number of aliphatic carboxylic acids is 1. The summed E-state index contributed by atoms with van der Waals surface area (Å²) in [6, 6.07) is 7.23. The van der Waals surface area contributed by atoms with Gasteiger partial charge in [0.15, 0.2) is 0 Å². The monoisotopic (exact) mass is 350 g/mol. The van der Waals surface area contributed by atoms with E-state index < -0.39 is 11.9 Å². The number of hydrogen-bond acceptors (Lipinski definition) is 3. The topological polar surface area (TPSA) is 72.2 Å². The van der Waals surface area contributed by atoms with Crippen molar-refractivity contribution in [3.05, 3.63) is 62.2 Å². The fraction of sp³-hybridized carbons (Fsp3) is 0.267. The van der Waals surface area contributed by atoms with E-state index in [9.17, 15) is 9.59 Å². The molecule has 0 spiro atoms. The van der Waals surface area contributed by atoms with Crippen LogP contribution >= 0.6 is 15.9 Å². The zero-order valence-corrected chi connectivity index (χ0v) is 13.3. The van der Waals surface area contributed by atoms with E-state index in [0.29, 0.717) is 16.8 Å². The molecule has 1 atom stereocenters. The summed E-state index contributed by atoms with van der Waals surface area (Å²) in [7, 11) is 0. The first-order valence-corrected chi connectivity index (χ1v) is 7.23. The Hall–Kier alpha value is -1.95. The fourth-order valence-electron chi connectivity index (χ4n) is 1.97. The molecule has 1 aromatic carbocycles. The maximum atomic E-state index is 12.1. The van der Waals surface area contributed by atoms with E-state index in [4.69, 9.17) is 5.11 Å². The normalized spacial score (nSPS) is 12.1. The van der Waals surface area contributed by atoms with Gasteiger partial charge in [0.25, 0.3) is 5.56 Å². The highest BCUT2D eigenvalue weighted by atomic mass is 79.9. The molecule has 0 aliphatic heterocycles. The SMILES string of the molecule is Cc1ncc(Br)c(=O)n1Cc1ccc(C(C)C(=O)O)cc1. The number of halogens is 1. The molecule has 5 nitrogen and oxygen atoms in total. The Kier molecular flexibility index (Phi) is 4.57. The van der Waals surface area contributed by atoms with E-state index in [1.165, 1.54) is 6.20 Å². The lowest BCUT2D eigenvalue weighted by Crippen LogP contribution is -2.24. The van der Waals surface area contributed by atoms with Gasteiger partial charge in [0, 0.05) is 6.20 Å². The molecule has 0 aliphatic carbocycles. The lowest BCUT2D eigenvalue weighted by atomic mass is 10.00. The first kappa shape index (κ1) is 15.4. The molecule has 0 bridgehead atoms. The molecule has 1 unspecified atom stereocenters. The minimum atomic E-state index is -0.856. The van der Waals surface area contributed by atoms with Crippen molar-refractivity contribution in [2.45, 2.75) is 26.3 Å². The number of nitrogens with zero attached hydrogens (tertiary/aromatic N) is 2. The summed E-state index contributed by atoms with van der Waals surface area (Å²) in [4.78, 5) is 27.1. The Morgan fingerprint density at radius 2 is 2.00 bits per heavy atom. The molecule has 0 aliphatic rings. The van der Waals surface area contributed by atoms with Crippen molar-refractivity contribution in [1.82, 2.24) is 9.55 Å². The zero-order chi connectivity index (χ0) is 15.6. The molecule has 0 saturated carbocycles. The second-order valence-electron chi connectivity index (χ2n) is 4.85. The zero-order valence-electron chi connectivity index (χ0n) is 11.7. The van der Waals surface area contributed by atoms with Gasteiger partial charge in [-0.2, -0.15) is 0 Å². The van der Waals surface area contributed by atoms with Gasteiger partial charge in [-0.05, 0) is 40.9 Å². The maximum Gasteiger partial charge on any atom is 0.310 e. The molecule has 0 amide bonds. The van der Waals surface area contributed by atoms with Crippen LogP contribution in [0.1, 0.15) is 29.8 Å².